The van der Waals surface area contributed by atoms with Crippen LogP contribution in [-0.2, 0) is 16.1 Å². The summed E-state index contributed by atoms with van der Waals surface area (Å²) in [4.78, 5) is 22.9. The van der Waals surface area contributed by atoms with Crippen molar-refractivity contribution in [3.8, 4) is 0 Å². The molecule has 0 bridgehead atoms. The van der Waals surface area contributed by atoms with Gasteiger partial charge >= 0.3 is 11.8 Å². The second kappa shape index (κ2) is 7.01. The molecule has 2 amide bonds. The Morgan fingerprint density at radius 2 is 1.83 bits per heavy atom. The molecule has 0 aromatic heterocycles. The van der Waals surface area contributed by atoms with Crippen molar-refractivity contribution in [1.29, 1.82) is 0 Å². The normalized spacial score (nSPS) is 11.7. The van der Waals surface area contributed by atoms with Crippen LogP contribution in [0.1, 0.15) is 25.8 Å². The minimum atomic E-state index is -0.620. The van der Waals surface area contributed by atoms with Crippen LogP contribution in [0.3, 0.4) is 0 Å². The van der Waals surface area contributed by atoms with Crippen LogP contribution in [0.4, 0.5) is 0 Å². The lowest BCUT2D eigenvalue weighted by Crippen LogP contribution is -2.43. The van der Waals surface area contributed by atoms with Gasteiger partial charge in [0, 0.05) is 17.6 Å². The molecule has 0 heterocycles. The van der Waals surface area contributed by atoms with Gasteiger partial charge in [-0.3, -0.25) is 9.59 Å². The number of nitrogens with one attached hydrogen (secondary N) is 2. The minimum Gasteiger partial charge on any atom is -0.345 e. The van der Waals surface area contributed by atoms with Gasteiger partial charge < -0.3 is 10.6 Å². The van der Waals surface area contributed by atoms with Crippen molar-refractivity contribution < 1.29 is 9.59 Å². The van der Waals surface area contributed by atoms with E-state index in [1.165, 1.54) is 0 Å². The molecule has 0 spiro atoms. The highest BCUT2D eigenvalue weighted by Crippen LogP contribution is 2.08. The quantitative estimate of drug-likeness (QED) is 0.819. The molecule has 0 aliphatic rings. The molecule has 0 unspecified atom stereocenters. The van der Waals surface area contributed by atoms with Crippen LogP contribution in [0.2, 0.25) is 5.02 Å². The predicted molar refractivity (Wildman–Crippen MR) is 71.2 cm³/mol. The van der Waals surface area contributed by atoms with E-state index in [1.807, 2.05) is 13.8 Å². The van der Waals surface area contributed by atoms with Gasteiger partial charge in [0.25, 0.3) is 0 Å². The van der Waals surface area contributed by atoms with Gasteiger partial charge in [-0.25, -0.2) is 0 Å². The Morgan fingerprint density at radius 1 is 1.22 bits per heavy atom. The predicted octanol–water partition coefficient (Wildman–Crippen LogP) is 1.87. The SMILES string of the molecule is CC[C@H](C)NC(=O)C(=O)NCc1ccc(Cl)cc1. The molecule has 4 nitrogen and oxygen atoms in total. The third-order valence-electron chi connectivity index (χ3n) is 2.56. The Kier molecular flexibility index (Phi) is 5.65. The monoisotopic (exact) mass is 268 g/mol. The first-order valence-corrected chi connectivity index (χ1v) is 6.24. The Morgan fingerprint density at radius 3 is 2.39 bits per heavy atom. The second-order valence-electron chi connectivity index (χ2n) is 4.09. The Hall–Kier alpha value is -1.55. The molecule has 1 rings (SSSR count). The summed E-state index contributed by atoms with van der Waals surface area (Å²) in [7, 11) is 0. The maximum Gasteiger partial charge on any atom is 0.309 e. The van der Waals surface area contributed by atoms with E-state index in [4.69, 9.17) is 11.6 Å². The molecule has 2 N–H and O–H groups in total. The van der Waals surface area contributed by atoms with E-state index in [0.29, 0.717) is 11.6 Å². The molecule has 5 heteroatoms. The van der Waals surface area contributed by atoms with Crippen molar-refractivity contribution in [2.45, 2.75) is 32.9 Å². The third kappa shape index (κ3) is 4.75. The molecule has 0 saturated carbocycles. The smallest absolute Gasteiger partial charge is 0.309 e. The first-order valence-electron chi connectivity index (χ1n) is 5.86. The summed E-state index contributed by atoms with van der Waals surface area (Å²) in [6.07, 6.45) is 0.788. The van der Waals surface area contributed by atoms with Crippen molar-refractivity contribution in [1.82, 2.24) is 10.6 Å². The molecule has 0 fully saturated rings. The van der Waals surface area contributed by atoms with Gasteiger partial charge in [0.1, 0.15) is 0 Å². The fourth-order valence-corrected chi connectivity index (χ4v) is 1.38. The van der Waals surface area contributed by atoms with Gasteiger partial charge in [0.15, 0.2) is 0 Å². The zero-order chi connectivity index (χ0) is 13.5. The first kappa shape index (κ1) is 14.5. The molecule has 18 heavy (non-hydrogen) atoms. The number of halogens is 1. The topological polar surface area (TPSA) is 58.2 Å². The van der Waals surface area contributed by atoms with E-state index in [9.17, 15) is 9.59 Å². The maximum atomic E-state index is 11.5. The van der Waals surface area contributed by atoms with E-state index in [2.05, 4.69) is 10.6 Å². The summed E-state index contributed by atoms with van der Waals surface area (Å²) in [6, 6.07) is 7.08. The number of hydrogen-bond donors (Lipinski definition) is 2. The molecule has 1 aromatic carbocycles. The van der Waals surface area contributed by atoms with Crippen LogP contribution in [-0.4, -0.2) is 17.9 Å². The Balaban J connectivity index is 2.41. The van der Waals surface area contributed by atoms with Crippen molar-refractivity contribution in [3.63, 3.8) is 0 Å². The van der Waals surface area contributed by atoms with Crippen LogP contribution in [0.5, 0.6) is 0 Å². The molecule has 0 aliphatic heterocycles. The molecule has 1 atom stereocenters. The van der Waals surface area contributed by atoms with Crippen LogP contribution in [0, 0.1) is 0 Å². The van der Waals surface area contributed by atoms with Gasteiger partial charge in [-0.2, -0.15) is 0 Å². The highest BCUT2D eigenvalue weighted by Gasteiger charge is 2.14. The molecular weight excluding hydrogens is 252 g/mol. The number of benzene rings is 1. The number of amides is 2. The average Bonchev–Trinajstić information content (AvgIpc) is 2.37. The summed E-state index contributed by atoms with van der Waals surface area (Å²) in [5.41, 5.74) is 0.893. The molecule has 1 aromatic rings. The van der Waals surface area contributed by atoms with Gasteiger partial charge in [-0.1, -0.05) is 30.7 Å². The largest absolute Gasteiger partial charge is 0.345 e. The second-order valence-corrected chi connectivity index (χ2v) is 4.53. The number of rotatable bonds is 4. The first-order chi connectivity index (χ1) is 8.52. The summed E-state index contributed by atoms with van der Waals surface area (Å²) in [6.45, 7) is 4.10. The lowest BCUT2D eigenvalue weighted by Gasteiger charge is -2.11. The van der Waals surface area contributed by atoms with Gasteiger partial charge in [0.2, 0.25) is 0 Å². The van der Waals surface area contributed by atoms with E-state index in [-0.39, 0.29) is 6.04 Å². The van der Waals surface area contributed by atoms with Crippen molar-refractivity contribution in [2.24, 2.45) is 0 Å². The van der Waals surface area contributed by atoms with Gasteiger partial charge in [-0.15, -0.1) is 0 Å². The zero-order valence-corrected chi connectivity index (χ0v) is 11.3. The molecular formula is C13H17ClN2O2. The number of carbonyl (C=O) groups is 2. The summed E-state index contributed by atoms with van der Waals surface area (Å²) < 4.78 is 0. The Labute approximate surface area is 112 Å². The van der Waals surface area contributed by atoms with Crippen molar-refractivity contribution in [2.75, 3.05) is 0 Å². The minimum absolute atomic E-state index is 0.00113. The standard InChI is InChI=1S/C13H17ClN2O2/c1-3-9(2)16-13(18)12(17)15-8-10-4-6-11(14)7-5-10/h4-7,9H,3,8H2,1-2H3,(H,15,17)(H,16,18)/t9-/m0/s1. The van der Waals surface area contributed by atoms with E-state index in [1.54, 1.807) is 24.3 Å². The molecule has 0 radical (unpaired) electrons. The fourth-order valence-electron chi connectivity index (χ4n) is 1.26. The van der Waals surface area contributed by atoms with E-state index < -0.39 is 11.8 Å². The Bertz CT molecular complexity index is 418. The fraction of sp³-hybridized carbons (Fsp3) is 0.385. The lowest BCUT2D eigenvalue weighted by atomic mass is 10.2. The van der Waals surface area contributed by atoms with E-state index in [0.717, 1.165) is 12.0 Å². The van der Waals surface area contributed by atoms with Crippen molar-refractivity contribution in [3.05, 3.63) is 34.9 Å². The van der Waals surface area contributed by atoms with Crippen LogP contribution >= 0.6 is 11.6 Å². The molecule has 0 saturated heterocycles. The highest BCUT2D eigenvalue weighted by atomic mass is 35.5. The average molecular weight is 269 g/mol. The van der Waals surface area contributed by atoms with E-state index >= 15 is 0 Å². The van der Waals surface area contributed by atoms with Gasteiger partial charge in [-0.05, 0) is 31.0 Å². The summed E-state index contributed by atoms with van der Waals surface area (Å²) >= 11 is 5.75. The number of hydrogen-bond acceptors (Lipinski definition) is 2. The maximum absolute atomic E-state index is 11.5. The van der Waals surface area contributed by atoms with Crippen LogP contribution < -0.4 is 10.6 Å². The molecule has 0 aliphatic carbocycles. The lowest BCUT2D eigenvalue weighted by molar-refractivity contribution is -0.139. The zero-order valence-electron chi connectivity index (χ0n) is 10.5. The van der Waals surface area contributed by atoms with Crippen LogP contribution in [0.15, 0.2) is 24.3 Å². The van der Waals surface area contributed by atoms with Crippen molar-refractivity contribution >= 4 is 23.4 Å². The number of carbonyl (C=O) groups excluding carboxylic acids is 2. The van der Waals surface area contributed by atoms with Gasteiger partial charge in [0.05, 0.1) is 0 Å². The molecule has 98 valence electrons. The third-order valence-corrected chi connectivity index (χ3v) is 2.81. The summed E-state index contributed by atoms with van der Waals surface area (Å²) in [5, 5.41) is 5.79. The highest BCUT2D eigenvalue weighted by molar-refractivity contribution is 6.35. The van der Waals surface area contributed by atoms with Crippen LogP contribution in [0.25, 0.3) is 0 Å². The summed E-state index contributed by atoms with van der Waals surface area (Å²) in [5.74, 6) is -1.22.